The Bertz CT molecular complexity index is 870. The van der Waals surface area contributed by atoms with Crippen molar-refractivity contribution in [3.8, 4) is 0 Å². The van der Waals surface area contributed by atoms with Crippen LogP contribution < -0.4 is 0 Å². The van der Waals surface area contributed by atoms with Crippen LogP contribution in [0.5, 0.6) is 0 Å². The van der Waals surface area contributed by atoms with E-state index in [1.807, 2.05) is 6.08 Å². The van der Waals surface area contributed by atoms with Gasteiger partial charge < -0.3 is 19.8 Å². The maximum atomic E-state index is 13.3. The summed E-state index contributed by atoms with van der Waals surface area (Å²) in [5.74, 6) is -7.03. The number of rotatable bonds is 8. The Hall–Kier alpha value is -2.91. The lowest BCUT2D eigenvalue weighted by molar-refractivity contribution is -0.187. The number of nitrogens with zero attached hydrogens (tertiary/aromatic N) is 2. The van der Waals surface area contributed by atoms with Crippen LogP contribution in [-0.4, -0.2) is 74.6 Å². The molecule has 10 nitrogen and oxygen atoms in total. The van der Waals surface area contributed by atoms with Gasteiger partial charge in [0.2, 0.25) is 0 Å². The number of hydrogen-bond acceptors (Lipinski definition) is 6. The first-order chi connectivity index (χ1) is 14.6. The summed E-state index contributed by atoms with van der Waals surface area (Å²) in [6, 6.07) is -0.807. The first-order valence-corrected chi connectivity index (χ1v) is 10.5. The molecule has 0 spiro atoms. The fraction of sp³-hybridized carbons (Fsp3) is 0.682. The first-order valence-electron chi connectivity index (χ1n) is 10.5. The van der Waals surface area contributed by atoms with E-state index in [0.717, 1.165) is 23.3 Å². The summed E-state index contributed by atoms with van der Waals surface area (Å²) in [4.78, 5) is 65.9. The zero-order chi connectivity index (χ0) is 24.6. The van der Waals surface area contributed by atoms with Crippen molar-refractivity contribution in [2.45, 2.75) is 71.4 Å². The smallest absolute Gasteiger partial charge is 0.327 e. The van der Waals surface area contributed by atoms with Crippen LogP contribution in [0.1, 0.15) is 60.3 Å². The summed E-state index contributed by atoms with van der Waals surface area (Å²) < 4.78 is 5.35. The number of amides is 3. The SMILES string of the molecule is CN1C(=O)N(C[C@@](C(=O)O)(C(=O)OC(C)(C)C)[C@@H](CC2=CCCC2)C(=O)O)C(=O)C1(C)C. The molecule has 0 aromatic heterocycles. The monoisotopic (exact) mass is 452 g/mol. The van der Waals surface area contributed by atoms with E-state index in [0.29, 0.717) is 11.3 Å². The maximum absolute atomic E-state index is 13.3. The van der Waals surface area contributed by atoms with Gasteiger partial charge in [-0.05, 0) is 60.3 Å². The minimum atomic E-state index is -2.69. The standard InChI is InChI=1S/C22H32N2O8/c1-20(2,3)32-18(30)22(17(28)29,14(15(25)26)11-13-9-7-8-10-13)12-24-16(27)21(4,5)23(6)19(24)31/h9,14H,7-8,10-12H2,1-6H3,(H,25,26)(H,28,29)/t14-,22+/m0/s1. The summed E-state index contributed by atoms with van der Waals surface area (Å²) in [5.41, 5.74) is -4.36. The van der Waals surface area contributed by atoms with Crippen molar-refractivity contribution in [1.82, 2.24) is 9.80 Å². The Morgan fingerprint density at radius 3 is 2.16 bits per heavy atom. The minimum Gasteiger partial charge on any atom is -0.481 e. The number of imide groups is 1. The second-order valence-electron chi connectivity index (χ2n) is 9.92. The second kappa shape index (κ2) is 8.55. The van der Waals surface area contributed by atoms with Gasteiger partial charge in [-0.3, -0.25) is 24.1 Å². The lowest BCUT2D eigenvalue weighted by atomic mass is 9.71. The van der Waals surface area contributed by atoms with Crippen LogP contribution in [0.25, 0.3) is 0 Å². The average Bonchev–Trinajstić information content (AvgIpc) is 3.21. The topological polar surface area (TPSA) is 142 Å². The highest BCUT2D eigenvalue weighted by atomic mass is 16.6. The number of carboxylic acids is 2. The summed E-state index contributed by atoms with van der Waals surface area (Å²) in [6.07, 6.45) is 3.76. The Kier molecular flexibility index (Phi) is 6.78. The molecule has 0 unspecified atom stereocenters. The van der Waals surface area contributed by atoms with E-state index >= 15 is 0 Å². The minimum absolute atomic E-state index is 0.198. The van der Waals surface area contributed by atoms with Gasteiger partial charge in [0.15, 0.2) is 5.41 Å². The molecule has 2 atom stereocenters. The van der Waals surface area contributed by atoms with Gasteiger partial charge in [-0.25, -0.2) is 4.79 Å². The molecule has 1 saturated heterocycles. The van der Waals surface area contributed by atoms with E-state index in [-0.39, 0.29) is 6.42 Å². The van der Waals surface area contributed by atoms with Crippen molar-refractivity contribution < 1.29 is 38.9 Å². The number of carboxylic acid groups (broad SMARTS) is 2. The van der Waals surface area contributed by atoms with E-state index in [4.69, 9.17) is 4.74 Å². The summed E-state index contributed by atoms with van der Waals surface area (Å²) >= 11 is 0. The molecular weight excluding hydrogens is 420 g/mol. The van der Waals surface area contributed by atoms with E-state index in [1.54, 1.807) is 0 Å². The van der Waals surface area contributed by atoms with Gasteiger partial charge in [0.1, 0.15) is 11.1 Å². The van der Waals surface area contributed by atoms with Crippen LogP contribution in [-0.2, 0) is 23.9 Å². The number of hydrogen-bond donors (Lipinski definition) is 2. The highest BCUT2D eigenvalue weighted by molar-refractivity contribution is 6.09. The highest BCUT2D eigenvalue weighted by Gasteiger charge is 2.62. The predicted octanol–water partition coefficient (Wildman–Crippen LogP) is 2.27. The van der Waals surface area contributed by atoms with Gasteiger partial charge in [0.05, 0.1) is 12.5 Å². The molecule has 2 N–H and O–H groups in total. The summed E-state index contributed by atoms with van der Waals surface area (Å²) in [6.45, 7) is 6.61. The molecular formula is C22H32N2O8. The van der Waals surface area contributed by atoms with E-state index < -0.39 is 58.9 Å². The number of carbonyl (C=O) groups is 5. The molecule has 0 bridgehead atoms. The van der Waals surface area contributed by atoms with Crippen LogP contribution in [0.4, 0.5) is 4.79 Å². The molecule has 2 aliphatic rings. The number of aliphatic carboxylic acids is 2. The third-order valence-corrected chi connectivity index (χ3v) is 6.17. The van der Waals surface area contributed by atoms with E-state index in [1.165, 1.54) is 41.7 Å². The number of carbonyl (C=O) groups excluding carboxylic acids is 3. The molecule has 1 aliphatic heterocycles. The van der Waals surface area contributed by atoms with Crippen molar-refractivity contribution >= 4 is 29.8 Å². The number of ether oxygens (including phenoxy) is 1. The quantitative estimate of drug-likeness (QED) is 0.247. The van der Waals surface area contributed by atoms with Crippen LogP contribution >= 0.6 is 0 Å². The van der Waals surface area contributed by atoms with Gasteiger partial charge in [-0.2, -0.15) is 0 Å². The largest absolute Gasteiger partial charge is 0.481 e. The molecule has 1 fully saturated rings. The molecule has 0 aromatic rings. The molecule has 0 aromatic carbocycles. The molecule has 32 heavy (non-hydrogen) atoms. The van der Waals surface area contributed by atoms with Crippen LogP contribution in [0, 0.1) is 11.3 Å². The predicted molar refractivity (Wildman–Crippen MR) is 113 cm³/mol. The van der Waals surface area contributed by atoms with Crippen molar-refractivity contribution in [3.63, 3.8) is 0 Å². The van der Waals surface area contributed by atoms with E-state index in [9.17, 15) is 34.2 Å². The number of urea groups is 1. The number of likely N-dealkylation sites (N-methyl/N-ethyl adjacent to an activating group) is 1. The Balaban J connectivity index is 2.64. The van der Waals surface area contributed by atoms with Gasteiger partial charge >= 0.3 is 23.9 Å². The molecule has 2 rings (SSSR count). The first kappa shape index (κ1) is 25.4. The number of esters is 1. The molecule has 178 valence electrons. The van der Waals surface area contributed by atoms with Gasteiger partial charge in [-0.15, -0.1) is 0 Å². The summed E-state index contributed by atoms with van der Waals surface area (Å²) in [7, 11) is 1.38. The lowest BCUT2D eigenvalue weighted by Crippen LogP contribution is -2.58. The normalized spacial score (nSPS) is 21.2. The Morgan fingerprint density at radius 2 is 1.78 bits per heavy atom. The third kappa shape index (κ3) is 4.49. The average molecular weight is 453 g/mol. The zero-order valence-corrected chi connectivity index (χ0v) is 19.4. The van der Waals surface area contributed by atoms with Gasteiger partial charge in [0, 0.05) is 7.05 Å². The highest BCUT2D eigenvalue weighted by Crippen LogP contribution is 2.41. The number of allylic oxidation sites excluding steroid dienone is 2. The molecule has 1 heterocycles. The van der Waals surface area contributed by atoms with Crippen molar-refractivity contribution in [1.29, 1.82) is 0 Å². The van der Waals surface area contributed by atoms with Crippen LogP contribution in [0.2, 0.25) is 0 Å². The Morgan fingerprint density at radius 1 is 1.19 bits per heavy atom. The molecule has 10 heteroatoms. The van der Waals surface area contributed by atoms with Crippen molar-refractivity contribution in [2.24, 2.45) is 11.3 Å². The zero-order valence-electron chi connectivity index (χ0n) is 19.4. The fourth-order valence-electron chi connectivity index (χ4n) is 4.02. The Labute approximate surface area is 187 Å². The molecule has 0 saturated carbocycles. The van der Waals surface area contributed by atoms with E-state index in [2.05, 4.69) is 0 Å². The fourth-order valence-corrected chi connectivity index (χ4v) is 4.02. The van der Waals surface area contributed by atoms with Crippen LogP contribution in [0.15, 0.2) is 11.6 Å². The summed E-state index contributed by atoms with van der Waals surface area (Å²) in [5, 5.41) is 20.3. The van der Waals surface area contributed by atoms with Gasteiger partial charge in [0.25, 0.3) is 5.91 Å². The molecule has 0 radical (unpaired) electrons. The van der Waals surface area contributed by atoms with Crippen LogP contribution in [0.3, 0.4) is 0 Å². The van der Waals surface area contributed by atoms with Crippen molar-refractivity contribution in [3.05, 3.63) is 11.6 Å². The molecule has 1 aliphatic carbocycles. The lowest BCUT2D eigenvalue weighted by Gasteiger charge is -2.37. The van der Waals surface area contributed by atoms with Gasteiger partial charge in [-0.1, -0.05) is 11.6 Å². The molecule has 3 amide bonds. The second-order valence-corrected chi connectivity index (χ2v) is 9.92. The van der Waals surface area contributed by atoms with Crippen molar-refractivity contribution in [2.75, 3.05) is 13.6 Å². The third-order valence-electron chi connectivity index (χ3n) is 6.17. The maximum Gasteiger partial charge on any atom is 0.327 e.